The van der Waals surface area contributed by atoms with Crippen molar-refractivity contribution in [1.82, 2.24) is 10.2 Å². The van der Waals surface area contributed by atoms with Crippen molar-refractivity contribution in [3.05, 3.63) is 12.7 Å². The summed E-state index contributed by atoms with van der Waals surface area (Å²) in [6.45, 7) is 4.59. The van der Waals surface area contributed by atoms with Gasteiger partial charge in [-0.25, -0.2) is 0 Å². The van der Waals surface area contributed by atoms with Gasteiger partial charge in [0, 0.05) is 20.2 Å². The van der Waals surface area contributed by atoms with Gasteiger partial charge in [-0.3, -0.25) is 14.5 Å². The van der Waals surface area contributed by atoms with Gasteiger partial charge in [0.15, 0.2) is 0 Å². The van der Waals surface area contributed by atoms with E-state index in [4.69, 9.17) is 9.84 Å². The molecule has 1 amide bonds. The lowest BCUT2D eigenvalue weighted by Crippen LogP contribution is -2.40. The highest BCUT2D eigenvalue weighted by molar-refractivity contribution is 5.79. The molecule has 0 saturated heterocycles. The van der Waals surface area contributed by atoms with Crippen molar-refractivity contribution in [3.63, 3.8) is 0 Å². The number of carbonyl (C=O) groups is 2. The summed E-state index contributed by atoms with van der Waals surface area (Å²) < 4.78 is 4.77. The summed E-state index contributed by atoms with van der Waals surface area (Å²) in [6.07, 6.45) is 1.56. The van der Waals surface area contributed by atoms with Crippen LogP contribution in [0.2, 0.25) is 0 Å². The van der Waals surface area contributed by atoms with E-state index < -0.39 is 5.97 Å². The number of amides is 1. The average molecular weight is 230 g/mol. The predicted molar refractivity (Wildman–Crippen MR) is 59.2 cm³/mol. The summed E-state index contributed by atoms with van der Waals surface area (Å²) in [4.78, 5) is 23.3. The van der Waals surface area contributed by atoms with E-state index in [1.807, 2.05) is 0 Å². The first kappa shape index (κ1) is 14.6. The fraction of sp³-hybridized carbons (Fsp3) is 0.600. The molecule has 0 aromatic heterocycles. The molecule has 0 radical (unpaired) electrons. The van der Waals surface area contributed by atoms with E-state index in [0.717, 1.165) is 0 Å². The predicted octanol–water partition coefficient (Wildman–Crippen LogP) is -0.678. The van der Waals surface area contributed by atoms with Crippen LogP contribution in [0.5, 0.6) is 0 Å². The molecule has 0 aliphatic rings. The Bertz CT molecular complexity index is 243. The molecule has 0 aliphatic heterocycles. The van der Waals surface area contributed by atoms with Crippen LogP contribution in [-0.4, -0.2) is 61.8 Å². The molecule has 6 nitrogen and oxygen atoms in total. The zero-order chi connectivity index (χ0) is 12.4. The third-order valence-electron chi connectivity index (χ3n) is 1.74. The average Bonchev–Trinajstić information content (AvgIpc) is 2.17. The summed E-state index contributed by atoms with van der Waals surface area (Å²) in [5, 5.41) is 11.2. The van der Waals surface area contributed by atoms with Crippen molar-refractivity contribution in [1.29, 1.82) is 0 Å². The molecule has 0 saturated carbocycles. The van der Waals surface area contributed by atoms with Crippen LogP contribution in [-0.2, 0) is 14.3 Å². The Morgan fingerprint density at radius 3 is 2.69 bits per heavy atom. The van der Waals surface area contributed by atoms with Crippen molar-refractivity contribution in [2.45, 2.75) is 0 Å². The molecule has 0 aliphatic carbocycles. The molecule has 2 N–H and O–H groups in total. The van der Waals surface area contributed by atoms with Gasteiger partial charge in [-0.1, -0.05) is 6.08 Å². The lowest BCUT2D eigenvalue weighted by atomic mass is 10.4. The smallest absolute Gasteiger partial charge is 0.317 e. The van der Waals surface area contributed by atoms with Crippen molar-refractivity contribution in [2.24, 2.45) is 0 Å². The van der Waals surface area contributed by atoms with Crippen LogP contribution >= 0.6 is 0 Å². The number of carboxylic acids is 1. The highest BCUT2D eigenvalue weighted by atomic mass is 16.5. The first-order valence-electron chi connectivity index (χ1n) is 4.90. The summed E-state index contributed by atoms with van der Waals surface area (Å²) in [5.41, 5.74) is 0. The van der Waals surface area contributed by atoms with Gasteiger partial charge in [-0.2, -0.15) is 0 Å². The molecule has 0 aromatic rings. The molecule has 0 heterocycles. The molecular formula is C10H18N2O4. The van der Waals surface area contributed by atoms with Crippen LogP contribution in [0.25, 0.3) is 0 Å². The zero-order valence-electron chi connectivity index (χ0n) is 9.44. The number of hydrogen-bond acceptors (Lipinski definition) is 4. The summed E-state index contributed by atoms with van der Waals surface area (Å²) >= 11 is 0. The lowest BCUT2D eigenvalue weighted by Gasteiger charge is -2.17. The fourth-order valence-corrected chi connectivity index (χ4v) is 1.11. The summed E-state index contributed by atoms with van der Waals surface area (Å²) in [7, 11) is 1.54. The quantitative estimate of drug-likeness (QED) is 0.405. The van der Waals surface area contributed by atoms with Gasteiger partial charge in [0.1, 0.15) is 0 Å². The largest absolute Gasteiger partial charge is 0.480 e. The van der Waals surface area contributed by atoms with Crippen molar-refractivity contribution >= 4 is 11.9 Å². The molecular weight excluding hydrogens is 212 g/mol. The van der Waals surface area contributed by atoms with Gasteiger partial charge in [-0.15, -0.1) is 6.58 Å². The maximum absolute atomic E-state index is 11.3. The number of carboxylic acid groups (broad SMARTS) is 1. The summed E-state index contributed by atoms with van der Waals surface area (Å²) in [5.74, 6) is -1.19. The second kappa shape index (κ2) is 8.87. The molecule has 16 heavy (non-hydrogen) atoms. The van der Waals surface area contributed by atoms with Crippen molar-refractivity contribution in [2.75, 3.05) is 39.9 Å². The van der Waals surface area contributed by atoms with Crippen LogP contribution in [0.15, 0.2) is 12.7 Å². The Kier molecular flexibility index (Phi) is 8.10. The Balaban J connectivity index is 3.92. The van der Waals surface area contributed by atoms with Crippen molar-refractivity contribution < 1.29 is 19.4 Å². The van der Waals surface area contributed by atoms with Gasteiger partial charge < -0.3 is 15.2 Å². The highest BCUT2D eigenvalue weighted by Crippen LogP contribution is 1.88. The Morgan fingerprint density at radius 2 is 2.19 bits per heavy atom. The van der Waals surface area contributed by atoms with E-state index >= 15 is 0 Å². The van der Waals surface area contributed by atoms with E-state index in [-0.39, 0.29) is 19.0 Å². The number of aliphatic carboxylic acids is 1. The number of ether oxygens (including phenoxy) is 1. The minimum atomic E-state index is -0.966. The minimum Gasteiger partial charge on any atom is -0.480 e. The first-order chi connectivity index (χ1) is 7.60. The van der Waals surface area contributed by atoms with E-state index in [1.165, 1.54) is 4.90 Å². The topological polar surface area (TPSA) is 78.9 Å². The van der Waals surface area contributed by atoms with E-state index in [1.54, 1.807) is 13.2 Å². The van der Waals surface area contributed by atoms with E-state index in [0.29, 0.717) is 19.7 Å². The van der Waals surface area contributed by atoms with Crippen LogP contribution < -0.4 is 5.32 Å². The SMILES string of the molecule is C=CCN(CC(=O)O)CC(=O)NCCOC. The maximum Gasteiger partial charge on any atom is 0.317 e. The summed E-state index contributed by atoms with van der Waals surface area (Å²) in [6, 6.07) is 0. The molecule has 0 spiro atoms. The standard InChI is InChI=1S/C10H18N2O4/c1-3-5-12(8-10(14)15)7-9(13)11-4-6-16-2/h3H,1,4-8H2,2H3,(H,11,13)(H,14,15). The van der Waals surface area contributed by atoms with Gasteiger partial charge in [0.05, 0.1) is 19.7 Å². The van der Waals surface area contributed by atoms with Crippen LogP contribution in [0, 0.1) is 0 Å². The van der Waals surface area contributed by atoms with Crippen LogP contribution in [0.4, 0.5) is 0 Å². The van der Waals surface area contributed by atoms with Crippen LogP contribution in [0.3, 0.4) is 0 Å². The number of nitrogens with one attached hydrogen (secondary N) is 1. The third kappa shape index (κ3) is 7.95. The molecule has 0 fully saturated rings. The van der Waals surface area contributed by atoms with Gasteiger partial charge in [-0.05, 0) is 0 Å². The Labute approximate surface area is 94.9 Å². The second-order valence-electron chi connectivity index (χ2n) is 3.19. The third-order valence-corrected chi connectivity index (χ3v) is 1.74. The number of rotatable bonds is 9. The highest BCUT2D eigenvalue weighted by Gasteiger charge is 2.11. The van der Waals surface area contributed by atoms with Crippen molar-refractivity contribution in [3.8, 4) is 0 Å². The van der Waals surface area contributed by atoms with Gasteiger partial charge >= 0.3 is 5.97 Å². The number of nitrogens with zero attached hydrogens (tertiary/aromatic N) is 1. The lowest BCUT2D eigenvalue weighted by molar-refractivity contribution is -0.138. The Morgan fingerprint density at radius 1 is 1.50 bits per heavy atom. The van der Waals surface area contributed by atoms with Crippen LogP contribution in [0.1, 0.15) is 0 Å². The second-order valence-corrected chi connectivity index (χ2v) is 3.19. The first-order valence-corrected chi connectivity index (χ1v) is 4.90. The van der Waals surface area contributed by atoms with Gasteiger partial charge in [0.25, 0.3) is 0 Å². The molecule has 0 bridgehead atoms. The molecule has 0 unspecified atom stereocenters. The molecule has 0 aromatic carbocycles. The Hall–Kier alpha value is -1.40. The molecule has 0 atom stereocenters. The zero-order valence-corrected chi connectivity index (χ0v) is 9.44. The minimum absolute atomic E-state index is 0.0437. The normalized spacial score (nSPS) is 10.1. The molecule has 6 heteroatoms. The maximum atomic E-state index is 11.3. The van der Waals surface area contributed by atoms with Gasteiger partial charge in [0.2, 0.25) is 5.91 Å². The van der Waals surface area contributed by atoms with E-state index in [9.17, 15) is 9.59 Å². The monoisotopic (exact) mass is 230 g/mol. The molecule has 92 valence electrons. The number of carbonyl (C=O) groups excluding carboxylic acids is 1. The number of methoxy groups -OCH3 is 1. The number of hydrogen-bond donors (Lipinski definition) is 2. The molecule has 0 rings (SSSR count). The fourth-order valence-electron chi connectivity index (χ4n) is 1.11. The van der Waals surface area contributed by atoms with E-state index in [2.05, 4.69) is 11.9 Å².